The van der Waals surface area contributed by atoms with E-state index < -0.39 is 0 Å². The summed E-state index contributed by atoms with van der Waals surface area (Å²) in [7, 11) is 0. The monoisotopic (exact) mass is 230 g/mol. The second kappa shape index (κ2) is 4.88. The van der Waals surface area contributed by atoms with Crippen molar-refractivity contribution in [3.8, 4) is 11.4 Å². The van der Waals surface area contributed by atoms with Crippen molar-refractivity contribution < 1.29 is 0 Å². The Morgan fingerprint density at radius 3 is 3.00 bits per heavy atom. The number of aromatic nitrogens is 3. The van der Waals surface area contributed by atoms with Crippen LogP contribution in [0.25, 0.3) is 11.4 Å². The zero-order chi connectivity index (χ0) is 12.3. The van der Waals surface area contributed by atoms with Crippen molar-refractivity contribution in [1.29, 1.82) is 0 Å². The molecule has 0 amide bonds. The van der Waals surface area contributed by atoms with Gasteiger partial charge in [-0.3, -0.25) is 9.78 Å². The molecule has 17 heavy (non-hydrogen) atoms. The number of hydrogen-bond donors (Lipinski definition) is 2. The lowest BCUT2D eigenvalue weighted by Crippen LogP contribution is -2.13. The first-order chi connectivity index (χ1) is 8.20. The summed E-state index contributed by atoms with van der Waals surface area (Å²) in [6.45, 7) is 2.43. The van der Waals surface area contributed by atoms with Gasteiger partial charge >= 0.3 is 0 Å². The van der Waals surface area contributed by atoms with Gasteiger partial charge in [-0.25, -0.2) is 4.98 Å². The van der Waals surface area contributed by atoms with E-state index in [-0.39, 0.29) is 5.56 Å². The van der Waals surface area contributed by atoms with Crippen LogP contribution in [0.1, 0.15) is 11.3 Å². The lowest BCUT2D eigenvalue weighted by atomic mass is 10.1. The fourth-order valence-corrected chi connectivity index (χ4v) is 1.62. The van der Waals surface area contributed by atoms with Gasteiger partial charge < -0.3 is 10.7 Å². The second-order valence-corrected chi connectivity index (χ2v) is 3.81. The topological polar surface area (TPSA) is 84.7 Å². The lowest BCUT2D eigenvalue weighted by Gasteiger charge is -2.05. The Kier molecular flexibility index (Phi) is 3.30. The highest BCUT2D eigenvalue weighted by atomic mass is 16.1. The van der Waals surface area contributed by atoms with Crippen LogP contribution in [0.2, 0.25) is 0 Å². The van der Waals surface area contributed by atoms with Crippen LogP contribution >= 0.6 is 0 Å². The number of nitrogens with two attached hydrogens (primary N) is 1. The molecule has 0 spiro atoms. The van der Waals surface area contributed by atoms with Crippen LogP contribution in [-0.4, -0.2) is 21.5 Å². The summed E-state index contributed by atoms with van der Waals surface area (Å²) in [4.78, 5) is 22.6. The van der Waals surface area contributed by atoms with Crippen molar-refractivity contribution in [2.75, 3.05) is 6.54 Å². The highest BCUT2D eigenvalue weighted by molar-refractivity contribution is 5.57. The van der Waals surface area contributed by atoms with E-state index in [1.54, 1.807) is 12.4 Å². The molecular weight excluding hydrogens is 216 g/mol. The van der Waals surface area contributed by atoms with Crippen molar-refractivity contribution in [2.24, 2.45) is 5.73 Å². The number of nitrogens with one attached hydrogen (secondary N) is 1. The molecule has 2 rings (SSSR count). The molecule has 3 N–H and O–H groups in total. The highest BCUT2D eigenvalue weighted by Crippen LogP contribution is 2.16. The van der Waals surface area contributed by atoms with Gasteiger partial charge in [0.2, 0.25) is 0 Å². The quantitative estimate of drug-likeness (QED) is 0.810. The molecule has 2 heterocycles. The van der Waals surface area contributed by atoms with E-state index in [0.717, 1.165) is 11.1 Å². The lowest BCUT2D eigenvalue weighted by molar-refractivity contribution is 0.904. The number of H-pyrrole nitrogens is 1. The minimum atomic E-state index is -0.165. The molecule has 0 saturated carbocycles. The molecule has 0 atom stereocenters. The van der Waals surface area contributed by atoms with Crippen LogP contribution in [0.5, 0.6) is 0 Å². The number of nitrogens with zero attached hydrogens (tertiary/aromatic N) is 2. The van der Waals surface area contributed by atoms with E-state index in [1.807, 2.05) is 13.0 Å². The number of hydrogen-bond acceptors (Lipinski definition) is 4. The van der Waals surface area contributed by atoms with Gasteiger partial charge in [-0.05, 0) is 25.1 Å². The predicted octanol–water partition coefficient (Wildman–Crippen LogP) is 0.642. The van der Waals surface area contributed by atoms with Crippen LogP contribution in [0.15, 0.2) is 29.3 Å². The molecule has 0 saturated heterocycles. The Hall–Kier alpha value is -2.01. The molecule has 0 aliphatic carbocycles. The number of rotatable bonds is 3. The molecular formula is C12H14N4O. The molecule has 0 bridgehead atoms. The summed E-state index contributed by atoms with van der Waals surface area (Å²) >= 11 is 0. The van der Waals surface area contributed by atoms with Gasteiger partial charge in [0.25, 0.3) is 5.56 Å². The molecule has 0 aliphatic rings. The number of aromatic amines is 1. The Bertz CT molecular complexity index is 577. The largest absolute Gasteiger partial charge is 0.330 e. The SMILES string of the molecule is Cc1ccncc1-c1nc(CCN)cc(=O)[nH]1. The van der Waals surface area contributed by atoms with E-state index in [9.17, 15) is 4.79 Å². The summed E-state index contributed by atoms with van der Waals surface area (Å²) in [5.41, 5.74) is 7.86. The Morgan fingerprint density at radius 2 is 2.29 bits per heavy atom. The van der Waals surface area contributed by atoms with Crippen LogP contribution in [0.4, 0.5) is 0 Å². The van der Waals surface area contributed by atoms with Crippen molar-refractivity contribution in [3.63, 3.8) is 0 Å². The van der Waals surface area contributed by atoms with Gasteiger partial charge in [0.1, 0.15) is 5.82 Å². The minimum absolute atomic E-state index is 0.165. The normalized spacial score (nSPS) is 10.5. The van der Waals surface area contributed by atoms with Gasteiger partial charge in [0.15, 0.2) is 0 Å². The minimum Gasteiger partial charge on any atom is -0.330 e. The predicted molar refractivity (Wildman–Crippen MR) is 65.6 cm³/mol. The van der Waals surface area contributed by atoms with E-state index in [4.69, 9.17) is 5.73 Å². The van der Waals surface area contributed by atoms with E-state index >= 15 is 0 Å². The average Bonchev–Trinajstić information content (AvgIpc) is 2.29. The molecule has 0 aromatic carbocycles. The smallest absolute Gasteiger partial charge is 0.251 e. The summed E-state index contributed by atoms with van der Waals surface area (Å²) in [5, 5.41) is 0. The van der Waals surface area contributed by atoms with Crippen molar-refractivity contribution in [3.05, 3.63) is 46.1 Å². The molecule has 0 aliphatic heterocycles. The maximum absolute atomic E-state index is 11.5. The molecule has 0 unspecified atom stereocenters. The zero-order valence-electron chi connectivity index (χ0n) is 9.60. The number of aryl methyl sites for hydroxylation is 1. The third-order valence-electron chi connectivity index (χ3n) is 2.49. The van der Waals surface area contributed by atoms with Crippen LogP contribution in [0, 0.1) is 6.92 Å². The van der Waals surface area contributed by atoms with Gasteiger partial charge in [0.05, 0.1) is 0 Å². The molecule has 5 nitrogen and oxygen atoms in total. The summed E-state index contributed by atoms with van der Waals surface area (Å²) in [5.74, 6) is 0.548. The fraction of sp³-hybridized carbons (Fsp3) is 0.250. The van der Waals surface area contributed by atoms with Crippen molar-refractivity contribution in [2.45, 2.75) is 13.3 Å². The molecule has 0 fully saturated rings. The standard InChI is InChI=1S/C12H14N4O/c1-8-3-5-14-7-10(8)12-15-9(2-4-13)6-11(17)16-12/h3,5-7H,2,4,13H2,1H3,(H,15,16,17). The van der Waals surface area contributed by atoms with Crippen molar-refractivity contribution >= 4 is 0 Å². The maximum atomic E-state index is 11.5. The third-order valence-corrected chi connectivity index (χ3v) is 2.49. The third kappa shape index (κ3) is 2.57. The summed E-state index contributed by atoms with van der Waals surface area (Å²) in [6, 6.07) is 3.35. The number of pyridine rings is 1. The molecule has 5 heteroatoms. The van der Waals surface area contributed by atoms with Gasteiger partial charge in [0, 0.05) is 36.1 Å². The first-order valence-electron chi connectivity index (χ1n) is 5.42. The summed E-state index contributed by atoms with van der Waals surface area (Å²) in [6.07, 6.45) is 4.00. The maximum Gasteiger partial charge on any atom is 0.251 e. The van der Waals surface area contributed by atoms with Crippen molar-refractivity contribution in [1.82, 2.24) is 15.0 Å². The van der Waals surface area contributed by atoms with Gasteiger partial charge in [-0.15, -0.1) is 0 Å². The van der Waals surface area contributed by atoms with Gasteiger partial charge in [-0.2, -0.15) is 0 Å². The van der Waals surface area contributed by atoms with E-state index in [1.165, 1.54) is 6.07 Å². The zero-order valence-corrected chi connectivity index (χ0v) is 9.60. The molecule has 0 radical (unpaired) electrons. The molecule has 88 valence electrons. The average molecular weight is 230 g/mol. The Morgan fingerprint density at radius 1 is 1.47 bits per heavy atom. The van der Waals surface area contributed by atoms with Crippen LogP contribution in [0.3, 0.4) is 0 Å². The first kappa shape index (κ1) is 11.5. The van der Waals surface area contributed by atoms with E-state index in [2.05, 4.69) is 15.0 Å². The summed E-state index contributed by atoms with van der Waals surface area (Å²) < 4.78 is 0. The highest BCUT2D eigenvalue weighted by Gasteiger charge is 2.06. The Labute approximate surface area is 98.7 Å². The second-order valence-electron chi connectivity index (χ2n) is 3.81. The van der Waals surface area contributed by atoms with E-state index in [0.29, 0.717) is 24.5 Å². The first-order valence-corrected chi connectivity index (χ1v) is 5.42. The molecule has 2 aromatic rings. The van der Waals surface area contributed by atoms with Gasteiger partial charge in [-0.1, -0.05) is 0 Å². The fourth-order valence-electron chi connectivity index (χ4n) is 1.62. The van der Waals surface area contributed by atoms with Crippen LogP contribution in [-0.2, 0) is 6.42 Å². The molecule has 2 aromatic heterocycles. The Balaban J connectivity index is 2.52. The van der Waals surface area contributed by atoms with Crippen LogP contribution < -0.4 is 11.3 Å².